The highest BCUT2D eigenvalue weighted by atomic mass is 35.5. The fraction of sp³-hybridized carbons (Fsp3) is 0.267. The highest BCUT2D eigenvalue weighted by molar-refractivity contribution is 6.30. The maximum Gasteiger partial charge on any atom is 0.219 e. The summed E-state index contributed by atoms with van der Waals surface area (Å²) >= 11 is 6.00. The number of ether oxygens (including phenoxy) is 1. The molecule has 0 aliphatic carbocycles. The molecule has 4 heteroatoms. The van der Waals surface area contributed by atoms with Crippen molar-refractivity contribution in [1.29, 1.82) is 0 Å². The van der Waals surface area contributed by atoms with E-state index in [1.54, 1.807) is 6.20 Å². The standard InChI is InChI=1S/C15H17ClN2O/c1-9-6-13(16)7-10(2)15(9)19-14-8-12(11(3)17)4-5-18-14/h4-8,11H,17H2,1-3H3/t11-/m1/s1. The summed E-state index contributed by atoms with van der Waals surface area (Å²) in [6.07, 6.45) is 1.70. The molecule has 2 aromatic rings. The van der Waals surface area contributed by atoms with E-state index in [0.29, 0.717) is 10.9 Å². The Bertz CT molecular complexity index is 573. The van der Waals surface area contributed by atoms with Gasteiger partial charge in [0.1, 0.15) is 5.75 Å². The third-order valence-corrected chi connectivity index (χ3v) is 3.13. The number of aryl methyl sites for hydroxylation is 2. The van der Waals surface area contributed by atoms with Gasteiger partial charge in [0.25, 0.3) is 0 Å². The fourth-order valence-corrected chi connectivity index (χ4v) is 2.25. The number of nitrogens with zero attached hydrogens (tertiary/aromatic N) is 1. The van der Waals surface area contributed by atoms with Gasteiger partial charge in [-0.15, -0.1) is 0 Å². The molecule has 1 aromatic heterocycles. The molecule has 0 amide bonds. The molecule has 0 unspecified atom stereocenters. The number of halogens is 1. The van der Waals surface area contributed by atoms with Crippen LogP contribution in [0.4, 0.5) is 0 Å². The Labute approximate surface area is 118 Å². The van der Waals surface area contributed by atoms with E-state index < -0.39 is 0 Å². The lowest BCUT2D eigenvalue weighted by Gasteiger charge is -2.13. The first kappa shape index (κ1) is 13.8. The van der Waals surface area contributed by atoms with Crippen LogP contribution >= 0.6 is 11.6 Å². The van der Waals surface area contributed by atoms with Gasteiger partial charge in [-0.05, 0) is 55.7 Å². The zero-order valence-corrected chi connectivity index (χ0v) is 12.0. The van der Waals surface area contributed by atoms with Gasteiger partial charge in [0, 0.05) is 23.3 Å². The van der Waals surface area contributed by atoms with Gasteiger partial charge in [-0.2, -0.15) is 0 Å². The zero-order chi connectivity index (χ0) is 14.0. The zero-order valence-electron chi connectivity index (χ0n) is 11.3. The van der Waals surface area contributed by atoms with E-state index in [9.17, 15) is 0 Å². The van der Waals surface area contributed by atoms with Gasteiger partial charge in [-0.3, -0.25) is 0 Å². The molecule has 2 rings (SSSR count). The summed E-state index contributed by atoms with van der Waals surface area (Å²) in [7, 11) is 0. The van der Waals surface area contributed by atoms with Gasteiger partial charge in [0.05, 0.1) is 0 Å². The Kier molecular flexibility index (Phi) is 4.08. The van der Waals surface area contributed by atoms with Crippen molar-refractivity contribution in [3.63, 3.8) is 0 Å². The van der Waals surface area contributed by atoms with E-state index in [0.717, 1.165) is 22.4 Å². The molecule has 0 saturated carbocycles. The summed E-state index contributed by atoms with van der Waals surface area (Å²) in [5.41, 5.74) is 8.82. The second-order valence-electron chi connectivity index (χ2n) is 4.69. The lowest BCUT2D eigenvalue weighted by molar-refractivity contribution is 0.454. The number of benzene rings is 1. The topological polar surface area (TPSA) is 48.1 Å². The molecule has 1 heterocycles. The minimum atomic E-state index is -0.0437. The quantitative estimate of drug-likeness (QED) is 0.915. The van der Waals surface area contributed by atoms with Crippen LogP contribution in [-0.4, -0.2) is 4.98 Å². The molecule has 0 saturated heterocycles. The average molecular weight is 277 g/mol. The van der Waals surface area contributed by atoms with Crippen molar-refractivity contribution in [2.45, 2.75) is 26.8 Å². The Morgan fingerprint density at radius 1 is 1.21 bits per heavy atom. The fourth-order valence-electron chi connectivity index (χ4n) is 1.93. The number of hydrogen-bond acceptors (Lipinski definition) is 3. The maximum atomic E-state index is 6.00. The summed E-state index contributed by atoms with van der Waals surface area (Å²) in [6.45, 7) is 5.85. The van der Waals surface area contributed by atoms with Crippen LogP contribution in [-0.2, 0) is 0 Å². The number of hydrogen-bond donors (Lipinski definition) is 1. The predicted molar refractivity (Wildman–Crippen MR) is 77.8 cm³/mol. The lowest BCUT2D eigenvalue weighted by atomic mass is 10.1. The summed E-state index contributed by atoms with van der Waals surface area (Å²) < 4.78 is 5.86. The van der Waals surface area contributed by atoms with E-state index in [-0.39, 0.29) is 6.04 Å². The minimum Gasteiger partial charge on any atom is -0.438 e. The largest absolute Gasteiger partial charge is 0.438 e. The third kappa shape index (κ3) is 3.25. The van der Waals surface area contributed by atoms with Crippen molar-refractivity contribution in [2.24, 2.45) is 5.73 Å². The van der Waals surface area contributed by atoms with Crippen molar-refractivity contribution in [3.8, 4) is 11.6 Å². The van der Waals surface area contributed by atoms with Gasteiger partial charge in [0.2, 0.25) is 5.88 Å². The molecule has 0 aliphatic heterocycles. The van der Waals surface area contributed by atoms with Crippen LogP contribution in [0.3, 0.4) is 0 Å². The van der Waals surface area contributed by atoms with Crippen LogP contribution < -0.4 is 10.5 Å². The van der Waals surface area contributed by atoms with Crippen LogP contribution in [0.5, 0.6) is 11.6 Å². The SMILES string of the molecule is Cc1cc(Cl)cc(C)c1Oc1cc([C@@H](C)N)ccn1. The number of pyridine rings is 1. The molecule has 0 fully saturated rings. The number of nitrogens with two attached hydrogens (primary N) is 1. The highest BCUT2D eigenvalue weighted by Crippen LogP contribution is 2.31. The Morgan fingerprint density at radius 3 is 2.42 bits per heavy atom. The molecule has 1 atom stereocenters. The maximum absolute atomic E-state index is 6.00. The Balaban J connectivity index is 2.34. The first-order chi connectivity index (χ1) is 8.97. The normalized spacial score (nSPS) is 12.3. The average Bonchev–Trinajstić information content (AvgIpc) is 2.34. The van der Waals surface area contributed by atoms with Gasteiger partial charge in [0.15, 0.2) is 0 Å². The monoisotopic (exact) mass is 276 g/mol. The molecule has 0 bridgehead atoms. The van der Waals surface area contributed by atoms with E-state index in [2.05, 4.69) is 4.98 Å². The molecular weight excluding hydrogens is 260 g/mol. The molecule has 100 valence electrons. The van der Waals surface area contributed by atoms with Crippen molar-refractivity contribution >= 4 is 11.6 Å². The summed E-state index contributed by atoms with van der Waals surface area (Å²) in [5, 5.41) is 0.708. The first-order valence-corrected chi connectivity index (χ1v) is 6.51. The van der Waals surface area contributed by atoms with E-state index in [4.69, 9.17) is 22.1 Å². The molecule has 0 aliphatic rings. The highest BCUT2D eigenvalue weighted by Gasteiger charge is 2.09. The van der Waals surface area contributed by atoms with Gasteiger partial charge >= 0.3 is 0 Å². The molecule has 2 N–H and O–H groups in total. The summed E-state index contributed by atoms with van der Waals surface area (Å²) in [4.78, 5) is 4.21. The molecule has 0 spiro atoms. The molecule has 1 aromatic carbocycles. The van der Waals surface area contributed by atoms with Crippen molar-refractivity contribution in [3.05, 3.63) is 52.2 Å². The lowest BCUT2D eigenvalue weighted by Crippen LogP contribution is -2.05. The number of rotatable bonds is 3. The minimum absolute atomic E-state index is 0.0437. The van der Waals surface area contributed by atoms with E-state index in [1.807, 2.05) is 45.0 Å². The van der Waals surface area contributed by atoms with Crippen molar-refractivity contribution < 1.29 is 4.74 Å². The van der Waals surface area contributed by atoms with Gasteiger partial charge < -0.3 is 10.5 Å². The van der Waals surface area contributed by atoms with Crippen LogP contribution in [0.15, 0.2) is 30.5 Å². The van der Waals surface area contributed by atoms with Gasteiger partial charge in [-0.1, -0.05) is 11.6 Å². The van der Waals surface area contributed by atoms with E-state index in [1.165, 1.54) is 0 Å². The Morgan fingerprint density at radius 2 is 1.84 bits per heavy atom. The second-order valence-corrected chi connectivity index (χ2v) is 5.12. The molecule has 0 radical (unpaired) electrons. The predicted octanol–water partition coefficient (Wildman–Crippen LogP) is 4.16. The van der Waals surface area contributed by atoms with E-state index >= 15 is 0 Å². The molecular formula is C15H17ClN2O. The van der Waals surface area contributed by atoms with Crippen LogP contribution in [0, 0.1) is 13.8 Å². The van der Waals surface area contributed by atoms with Crippen LogP contribution in [0.1, 0.15) is 29.7 Å². The first-order valence-electron chi connectivity index (χ1n) is 6.13. The molecule has 3 nitrogen and oxygen atoms in total. The van der Waals surface area contributed by atoms with Crippen LogP contribution in [0.25, 0.3) is 0 Å². The van der Waals surface area contributed by atoms with Crippen molar-refractivity contribution in [2.75, 3.05) is 0 Å². The smallest absolute Gasteiger partial charge is 0.219 e. The van der Waals surface area contributed by atoms with Crippen molar-refractivity contribution in [1.82, 2.24) is 4.98 Å². The number of aromatic nitrogens is 1. The summed E-state index contributed by atoms with van der Waals surface area (Å²) in [5.74, 6) is 1.34. The van der Waals surface area contributed by atoms with Crippen LogP contribution in [0.2, 0.25) is 5.02 Å². The Hall–Kier alpha value is -1.58. The van der Waals surface area contributed by atoms with Gasteiger partial charge in [-0.25, -0.2) is 4.98 Å². The third-order valence-electron chi connectivity index (χ3n) is 2.92. The summed E-state index contributed by atoms with van der Waals surface area (Å²) in [6, 6.07) is 7.45. The molecule has 19 heavy (non-hydrogen) atoms. The second kappa shape index (κ2) is 5.59.